The Kier molecular flexibility index (Phi) is 9.54. The van der Waals surface area contributed by atoms with E-state index in [0.29, 0.717) is 23.5 Å². The predicted octanol–water partition coefficient (Wildman–Crippen LogP) is 3.33. The molecule has 33 heavy (non-hydrogen) atoms. The summed E-state index contributed by atoms with van der Waals surface area (Å²) < 4.78 is 34.5. The Morgan fingerprint density at radius 1 is 1.03 bits per heavy atom. The first-order chi connectivity index (χ1) is 15.6. The highest BCUT2D eigenvalue weighted by Gasteiger charge is 2.35. The van der Waals surface area contributed by atoms with E-state index < -0.39 is 16.1 Å². The number of ether oxygens (including phenoxy) is 2. The largest absolute Gasteiger partial charge is 0.493 e. The Bertz CT molecular complexity index is 1090. The first-order valence-electron chi connectivity index (χ1n) is 10.7. The third-order valence-electron chi connectivity index (χ3n) is 5.38. The number of sulfonamides is 1. The van der Waals surface area contributed by atoms with Crippen molar-refractivity contribution in [3.63, 3.8) is 0 Å². The van der Waals surface area contributed by atoms with E-state index in [1.165, 1.54) is 26.4 Å². The highest BCUT2D eigenvalue weighted by molar-refractivity contribution is 7.89. The molecule has 2 atom stereocenters. The van der Waals surface area contributed by atoms with Crippen molar-refractivity contribution < 1.29 is 22.7 Å². The van der Waals surface area contributed by atoms with E-state index in [1.807, 2.05) is 6.92 Å². The number of primary sulfonamides is 1. The number of fused-ring (bicyclic) bond motifs is 1. The second-order valence-corrected chi connectivity index (χ2v) is 9.37. The van der Waals surface area contributed by atoms with E-state index in [4.69, 9.17) is 26.2 Å². The molecule has 4 N–H and O–H groups in total. The molecule has 3 rings (SSSR count). The van der Waals surface area contributed by atoms with Crippen molar-refractivity contribution >= 4 is 27.5 Å². The molecular weight excluding hydrogens is 466 g/mol. The average Bonchev–Trinajstić information content (AvgIpc) is 2.78. The van der Waals surface area contributed by atoms with Gasteiger partial charge in [-0.15, -0.1) is 0 Å². The fourth-order valence-corrected chi connectivity index (χ4v) is 4.84. The lowest BCUT2D eigenvalue weighted by Gasteiger charge is -2.33. The maximum atomic E-state index is 12.7. The number of carbonyl (C=O) groups is 1. The molecule has 2 aromatic rings. The average molecular weight is 498 g/mol. The number of rotatable bonds is 7. The van der Waals surface area contributed by atoms with Crippen molar-refractivity contribution in [2.75, 3.05) is 27.3 Å². The summed E-state index contributed by atoms with van der Waals surface area (Å²) >= 11 is 6.00. The van der Waals surface area contributed by atoms with Crippen LogP contribution in [0.1, 0.15) is 55.8 Å². The summed E-state index contributed by atoms with van der Waals surface area (Å²) in [7, 11) is -0.956. The quantitative estimate of drug-likeness (QED) is 0.539. The predicted molar refractivity (Wildman–Crippen MR) is 130 cm³/mol. The van der Waals surface area contributed by atoms with Gasteiger partial charge in [0.25, 0.3) is 0 Å². The Morgan fingerprint density at radius 3 is 2.06 bits per heavy atom. The molecule has 0 bridgehead atoms. The molecule has 1 heterocycles. The fraction of sp³-hybridized carbons (Fsp3) is 0.435. The van der Waals surface area contributed by atoms with E-state index >= 15 is 0 Å². The summed E-state index contributed by atoms with van der Waals surface area (Å²) in [6, 6.07) is 7.51. The summed E-state index contributed by atoms with van der Waals surface area (Å²) in [5, 5.41) is 11.4. The molecule has 0 saturated heterocycles. The SMILES string of the molecule is CCC1C(=O)NC(c2ccc(Cl)c(S(N)(=O)=O)c2)c2cc(OC)c(OC)cc21.CCNCC. The van der Waals surface area contributed by atoms with Crippen molar-refractivity contribution in [1.29, 1.82) is 0 Å². The van der Waals surface area contributed by atoms with Crippen LogP contribution in [-0.4, -0.2) is 41.6 Å². The molecule has 1 aliphatic heterocycles. The van der Waals surface area contributed by atoms with Gasteiger partial charge in [-0.3, -0.25) is 4.79 Å². The molecule has 0 saturated carbocycles. The molecule has 0 radical (unpaired) electrons. The minimum atomic E-state index is -4.01. The zero-order valence-corrected chi connectivity index (χ0v) is 21.1. The van der Waals surface area contributed by atoms with Gasteiger partial charge in [0.05, 0.1) is 31.2 Å². The van der Waals surface area contributed by atoms with Crippen molar-refractivity contribution in [3.8, 4) is 11.5 Å². The number of hydrogen-bond donors (Lipinski definition) is 3. The van der Waals surface area contributed by atoms with Crippen LogP contribution in [-0.2, 0) is 14.8 Å². The van der Waals surface area contributed by atoms with Gasteiger partial charge in [0.15, 0.2) is 11.5 Å². The zero-order chi connectivity index (χ0) is 24.8. The smallest absolute Gasteiger partial charge is 0.239 e. The topological polar surface area (TPSA) is 120 Å². The lowest BCUT2D eigenvalue weighted by Crippen LogP contribution is -2.39. The van der Waals surface area contributed by atoms with Crippen LogP contribution in [0, 0.1) is 0 Å². The highest BCUT2D eigenvalue weighted by Crippen LogP contribution is 2.42. The van der Waals surface area contributed by atoms with E-state index in [0.717, 1.165) is 24.2 Å². The van der Waals surface area contributed by atoms with Crippen LogP contribution in [0.3, 0.4) is 0 Å². The van der Waals surface area contributed by atoms with Crippen LogP contribution in [0.5, 0.6) is 11.5 Å². The third kappa shape index (κ3) is 6.17. The number of carbonyl (C=O) groups excluding carboxylic acids is 1. The number of benzene rings is 2. The van der Waals surface area contributed by atoms with Crippen LogP contribution in [0.2, 0.25) is 5.02 Å². The van der Waals surface area contributed by atoms with E-state index in [-0.39, 0.29) is 21.7 Å². The fourth-order valence-electron chi connectivity index (χ4n) is 3.76. The van der Waals surface area contributed by atoms with Gasteiger partial charge >= 0.3 is 0 Å². The summed E-state index contributed by atoms with van der Waals surface area (Å²) in [6.45, 7) is 8.31. The van der Waals surface area contributed by atoms with E-state index in [2.05, 4.69) is 24.5 Å². The number of nitrogens with one attached hydrogen (secondary N) is 2. The molecule has 0 fully saturated rings. The first kappa shape index (κ1) is 26.9. The van der Waals surface area contributed by atoms with Crippen LogP contribution in [0.4, 0.5) is 0 Å². The molecule has 2 aromatic carbocycles. The summed E-state index contributed by atoms with van der Waals surface area (Å²) in [4.78, 5) is 12.5. The molecule has 0 spiro atoms. The lowest BCUT2D eigenvalue weighted by molar-refractivity contribution is -0.123. The van der Waals surface area contributed by atoms with Crippen molar-refractivity contribution in [2.24, 2.45) is 5.14 Å². The van der Waals surface area contributed by atoms with Crippen LogP contribution in [0.25, 0.3) is 0 Å². The van der Waals surface area contributed by atoms with Gasteiger partial charge in [-0.2, -0.15) is 0 Å². The van der Waals surface area contributed by atoms with Gasteiger partial charge in [0.1, 0.15) is 4.90 Å². The molecule has 0 aliphatic carbocycles. The Morgan fingerprint density at radius 2 is 1.61 bits per heavy atom. The van der Waals surface area contributed by atoms with Gasteiger partial charge in [0, 0.05) is 0 Å². The maximum absolute atomic E-state index is 12.7. The molecule has 1 amide bonds. The molecule has 0 aromatic heterocycles. The molecular formula is C23H32ClN3O5S. The van der Waals surface area contributed by atoms with Crippen molar-refractivity contribution in [2.45, 2.75) is 44.0 Å². The monoisotopic (exact) mass is 497 g/mol. The summed E-state index contributed by atoms with van der Waals surface area (Å²) in [6.07, 6.45) is 0.601. The number of hydrogen-bond acceptors (Lipinski definition) is 6. The van der Waals surface area contributed by atoms with Gasteiger partial charge in [-0.05, 0) is 60.5 Å². The minimum Gasteiger partial charge on any atom is -0.493 e. The van der Waals surface area contributed by atoms with Crippen molar-refractivity contribution in [1.82, 2.24) is 10.6 Å². The number of nitrogens with two attached hydrogens (primary N) is 1. The lowest BCUT2D eigenvalue weighted by atomic mass is 9.82. The standard InChI is InChI=1S/C19H21ClN2O5S.C4H11N/c1-4-11-12-8-15(26-2)16(27-3)9-13(12)18(22-19(11)23)10-5-6-14(20)17(7-10)28(21,24)25;1-3-5-4-2/h5-9,11,18H,4H2,1-3H3,(H,22,23)(H2,21,24,25);5H,3-4H2,1-2H3. The second kappa shape index (κ2) is 11.7. The number of methoxy groups -OCH3 is 2. The summed E-state index contributed by atoms with van der Waals surface area (Å²) in [5.41, 5.74) is 2.15. The zero-order valence-electron chi connectivity index (χ0n) is 19.6. The molecule has 1 aliphatic rings. The van der Waals surface area contributed by atoms with Crippen molar-refractivity contribution in [3.05, 3.63) is 52.0 Å². The minimum absolute atomic E-state index is 0.0207. The van der Waals surface area contributed by atoms with Gasteiger partial charge in [0.2, 0.25) is 15.9 Å². The normalized spacial score (nSPS) is 17.4. The molecule has 182 valence electrons. The second-order valence-electron chi connectivity index (χ2n) is 7.43. The molecule has 2 unspecified atom stereocenters. The van der Waals surface area contributed by atoms with Gasteiger partial charge in [-0.25, -0.2) is 13.6 Å². The van der Waals surface area contributed by atoms with E-state index in [1.54, 1.807) is 18.2 Å². The first-order valence-corrected chi connectivity index (χ1v) is 12.6. The summed E-state index contributed by atoms with van der Waals surface area (Å²) in [5.74, 6) is 0.530. The Hall–Kier alpha value is -2.33. The van der Waals surface area contributed by atoms with Gasteiger partial charge in [-0.1, -0.05) is 38.4 Å². The van der Waals surface area contributed by atoms with E-state index in [9.17, 15) is 13.2 Å². The highest BCUT2D eigenvalue weighted by atomic mass is 35.5. The number of amides is 1. The number of halogens is 1. The van der Waals surface area contributed by atoms with Gasteiger partial charge < -0.3 is 20.1 Å². The van der Waals surface area contributed by atoms with Crippen LogP contribution in [0.15, 0.2) is 35.2 Å². The maximum Gasteiger partial charge on any atom is 0.239 e. The molecule has 8 nitrogen and oxygen atoms in total. The Labute approximate surface area is 200 Å². The van der Waals surface area contributed by atoms with Crippen LogP contribution < -0.4 is 25.2 Å². The third-order valence-corrected chi connectivity index (χ3v) is 6.77. The van der Waals surface area contributed by atoms with Crippen LogP contribution >= 0.6 is 11.6 Å². The Balaban J connectivity index is 0.000000696. The molecule has 10 heteroatoms.